The Labute approximate surface area is 103 Å². The molecule has 0 amide bonds. The molecule has 17 heavy (non-hydrogen) atoms. The number of allylic oxidation sites excluding steroid dienone is 2. The molecule has 0 aliphatic carbocycles. The van der Waals surface area contributed by atoms with Crippen LogP contribution in [0, 0.1) is 0 Å². The molecule has 1 aliphatic rings. The SMILES string of the molecule is COC(=O)/C1=C\CCCCCCC/C=C/CO1. The minimum absolute atomic E-state index is 0.344. The van der Waals surface area contributed by atoms with Crippen LogP contribution < -0.4 is 0 Å². The summed E-state index contributed by atoms with van der Waals surface area (Å²) in [4.78, 5) is 11.4. The fourth-order valence-electron chi connectivity index (χ4n) is 1.80. The fourth-order valence-corrected chi connectivity index (χ4v) is 1.80. The largest absolute Gasteiger partial charge is 0.483 e. The summed E-state index contributed by atoms with van der Waals surface area (Å²) in [5.74, 6) is -0.0373. The second-order valence-corrected chi connectivity index (χ2v) is 4.19. The average molecular weight is 238 g/mol. The van der Waals surface area contributed by atoms with Crippen LogP contribution in [0.3, 0.4) is 0 Å². The number of carbonyl (C=O) groups excluding carboxylic acids is 1. The van der Waals surface area contributed by atoms with Crippen LogP contribution >= 0.6 is 0 Å². The van der Waals surface area contributed by atoms with Crippen LogP contribution in [0.1, 0.15) is 44.9 Å². The summed E-state index contributed by atoms with van der Waals surface area (Å²) in [6.45, 7) is 0.445. The molecule has 0 fully saturated rings. The van der Waals surface area contributed by atoms with E-state index in [1.807, 2.05) is 12.2 Å². The van der Waals surface area contributed by atoms with Crippen molar-refractivity contribution in [2.24, 2.45) is 0 Å². The molecule has 96 valence electrons. The molecule has 0 saturated heterocycles. The highest BCUT2D eigenvalue weighted by Crippen LogP contribution is 2.11. The first kappa shape index (κ1) is 13.8. The normalized spacial score (nSPS) is 23.9. The quantitative estimate of drug-likeness (QED) is 0.519. The van der Waals surface area contributed by atoms with Crippen LogP contribution in [-0.2, 0) is 14.3 Å². The third kappa shape index (κ3) is 6.15. The summed E-state index contributed by atoms with van der Waals surface area (Å²) < 4.78 is 10.1. The Morgan fingerprint density at radius 3 is 2.59 bits per heavy atom. The van der Waals surface area contributed by atoms with Crippen LogP contribution in [0.15, 0.2) is 24.0 Å². The van der Waals surface area contributed by atoms with Crippen molar-refractivity contribution in [2.75, 3.05) is 13.7 Å². The number of rotatable bonds is 1. The second kappa shape index (κ2) is 8.85. The molecule has 0 bridgehead atoms. The van der Waals surface area contributed by atoms with Crippen molar-refractivity contribution in [1.82, 2.24) is 0 Å². The minimum Gasteiger partial charge on any atom is -0.483 e. The summed E-state index contributed by atoms with van der Waals surface area (Å²) >= 11 is 0. The predicted octanol–water partition coefficient (Wildman–Crippen LogP) is 3.36. The first-order valence-corrected chi connectivity index (χ1v) is 6.41. The topological polar surface area (TPSA) is 35.5 Å². The molecule has 1 heterocycles. The van der Waals surface area contributed by atoms with Crippen LogP contribution in [0.5, 0.6) is 0 Å². The summed E-state index contributed by atoms with van der Waals surface area (Å²) in [6, 6.07) is 0. The lowest BCUT2D eigenvalue weighted by Gasteiger charge is -2.06. The van der Waals surface area contributed by atoms with Crippen molar-refractivity contribution in [3.8, 4) is 0 Å². The molecular weight excluding hydrogens is 216 g/mol. The molecule has 1 aliphatic heterocycles. The Morgan fingerprint density at radius 2 is 1.82 bits per heavy atom. The van der Waals surface area contributed by atoms with E-state index in [0.717, 1.165) is 19.3 Å². The van der Waals surface area contributed by atoms with Gasteiger partial charge in [0.2, 0.25) is 5.76 Å². The molecule has 0 atom stereocenters. The van der Waals surface area contributed by atoms with Gasteiger partial charge in [0.15, 0.2) is 0 Å². The van der Waals surface area contributed by atoms with Gasteiger partial charge >= 0.3 is 5.97 Å². The van der Waals surface area contributed by atoms with Gasteiger partial charge in [-0.1, -0.05) is 31.4 Å². The summed E-state index contributed by atoms with van der Waals surface area (Å²) in [7, 11) is 1.38. The van der Waals surface area contributed by atoms with Gasteiger partial charge in [-0.3, -0.25) is 0 Å². The van der Waals surface area contributed by atoms with E-state index < -0.39 is 0 Å². The number of ether oxygens (including phenoxy) is 2. The highest BCUT2D eigenvalue weighted by molar-refractivity contribution is 5.86. The Hall–Kier alpha value is -1.25. The third-order valence-corrected chi connectivity index (χ3v) is 2.79. The Balaban J connectivity index is 2.52. The minimum atomic E-state index is -0.381. The van der Waals surface area contributed by atoms with Gasteiger partial charge in [-0.2, -0.15) is 0 Å². The smallest absolute Gasteiger partial charge is 0.372 e. The number of carbonyl (C=O) groups is 1. The average Bonchev–Trinajstić information content (AvgIpc) is 2.38. The zero-order valence-corrected chi connectivity index (χ0v) is 10.6. The highest BCUT2D eigenvalue weighted by atomic mass is 16.6. The van der Waals surface area contributed by atoms with E-state index in [-0.39, 0.29) is 5.97 Å². The molecule has 0 aromatic heterocycles. The Bertz CT molecular complexity index is 279. The van der Waals surface area contributed by atoms with Gasteiger partial charge in [0.05, 0.1) is 7.11 Å². The first-order valence-electron chi connectivity index (χ1n) is 6.41. The van der Waals surface area contributed by atoms with Gasteiger partial charge in [-0.05, 0) is 31.8 Å². The molecule has 0 radical (unpaired) electrons. The maximum absolute atomic E-state index is 11.4. The fraction of sp³-hybridized carbons (Fsp3) is 0.643. The molecule has 0 spiro atoms. The lowest BCUT2D eigenvalue weighted by atomic mass is 10.1. The zero-order chi connectivity index (χ0) is 12.3. The van der Waals surface area contributed by atoms with Crippen LogP contribution in [0.4, 0.5) is 0 Å². The standard InChI is InChI=1S/C14H22O3/c1-16-14(15)13-11-9-7-5-3-2-4-6-8-10-12-17-13/h8,10-11H,2-7,9,12H2,1H3/b10-8+,13-11+. The summed E-state index contributed by atoms with van der Waals surface area (Å²) in [5, 5.41) is 0. The van der Waals surface area contributed by atoms with Gasteiger partial charge in [-0.25, -0.2) is 4.79 Å². The molecule has 0 unspecified atom stereocenters. The van der Waals surface area contributed by atoms with Crippen molar-refractivity contribution >= 4 is 5.97 Å². The predicted molar refractivity (Wildman–Crippen MR) is 67.5 cm³/mol. The molecule has 3 heteroatoms. The number of methoxy groups -OCH3 is 1. The molecule has 3 nitrogen and oxygen atoms in total. The van der Waals surface area contributed by atoms with E-state index in [1.165, 1.54) is 32.8 Å². The third-order valence-electron chi connectivity index (χ3n) is 2.79. The molecule has 0 saturated carbocycles. The number of hydrogen-bond donors (Lipinski definition) is 0. The van der Waals surface area contributed by atoms with E-state index >= 15 is 0 Å². The van der Waals surface area contributed by atoms with Gasteiger partial charge < -0.3 is 9.47 Å². The van der Waals surface area contributed by atoms with Crippen molar-refractivity contribution < 1.29 is 14.3 Å². The van der Waals surface area contributed by atoms with Crippen molar-refractivity contribution in [3.05, 3.63) is 24.0 Å². The highest BCUT2D eigenvalue weighted by Gasteiger charge is 2.09. The van der Waals surface area contributed by atoms with Crippen LogP contribution in [-0.4, -0.2) is 19.7 Å². The van der Waals surface area contributed by atoms with Gasteiger partial charge in [0.1, 0.15) is 6.61 Å². The zero-order valence-electron chi connectivity index (χ0n) is 10.6. The summed E-state index contributed by atoms with van der Waals surface area (Å²) in [5.41, 5.74) is 0. The van der Waals surface area contributed by atoms with E-state index in [2.05, 4.69) is 10.8 Å². The maximum Gasteiger partial charge on any atom is 0.372 e. The van der Waals surface area contributed by atoms with Crippen molar-refractivity contribution in [1.29, 1.82) is 0 Å². The van der Waals surface area contributed by atoms with Crippen LogP contribution in [0.25, 0.3) is 0 Å². The second-order valence-electron chi connectivity index (χ2n) is 4.19. The van der Waals surface area contributed by atoms with E-state index in [1.54, 1.807) is 0 Å². The lowest BCUT2D eigenvalue weighted by Crippen LogP contribution is -2.08. The van der Waals surface area contributed by atoms with Crippen molar-refractivity contribution in [2.45, 2.75) is 44.9 Å². The van der Waals surface area contributed by atoms with Gasteiger partial charge in [0, 0.05) is 0 Å². The van der Waals surface area contributed by atoms with E-state index in [0.29, 0.717) is 12.4 Å². The Morgan fingerprint density at radius 1 is 1.12 bits per heavy atom. The van der Waals surface area contributed by atoms with Crippen molar-refractivity contribution in [3.63, 3.8) is 0 Å². The van der Waals surface area contributed by atoms with Crippen LogP contribution in [0.2, 0.25) is 0 Å². The summed E-state index contributed by atoms with van der Waals surface area (Å²) in [6.07, 6.45) is 14.0. The molecule has 0 aromatic rings. The van der Waals surface area contributed by atoms with Gasteiger partial charge in [0.25, 0.3) is 0 Å². The molecule has 0 aromatic carbocycles. The Kier molecular flexibility index (Phi) is 7.19. The van der Waals surface area contributed by atoms with Gasteiger partial charge in [-0.15, -0.1) is 0 Å². The molecular formula is C14H22O3. The lowest BCUT2D eigenvalue weighted by molar-refractivity contribution is -0.139. The van der Waals surface area contributed by atoms with E-state index in [9.17, 15) is 4.79 Å². The monoisotopic (exact) mass is 238 g/mol. The number of hydrogen-bond acceptors (Lipinski definition) is 3. The van der Waals surface area contributed by atoms with E-state index in [4.69, 9.17) is 4.74 Å². The maximum atomic E-state index is 11.4. The molecule has 0 N–H and O–H groups in total. The molecule has 1 rings (SSSR count). The first-order chi connectivity index (χ1) is 8.34. The number of esters is 1.